The molecule has 1 saturated heterocycles. The second-order valence-electron chi connectivity index (χ2n) is 5.98. The van der Waals surface area contributed by atoms with E-state index in [9.17, 15) is 19.5 Å². The van der Waals surface area contributed by atoms with Gasteiger partial charge in [0.2, 0.25) is 5.91 Å². The largest absolute Gasteiger partial charge is 0.479 e. The van der Waals surface area contributed by atoms with Gasteiger partial charge in [0.15, 0.2) is 5.54 Å². The maximum absolute atomic E-state index is 12.5. The zero-order valence-corrected chi connectivity index (χ0v) is 14.1. The van der Waals surface area contributed by atoms with Crippen LogP contribution in [0.3, 0.4) is 0 Å². The molecule has 1 aromatic carbocycles. The molecule has 2 rings (SSSR count). The van der Waals surface area contributed by atoms with Crippen molar-refractivity contribution >= 4 is 35.1 Å². The normalized spacial score (nSPS) is 20.0. The van der Waals surface area contributed by atoms with E-state index in [2.05, 4.69) is 10.6 Å². The fourth-order valence-corrected chi connectivity index (χ4v) is 2.44. The molecule has 0 radical (unpaired) electrons. The first-order valence-electron chi connectivity index (χ1n) is 7.49. The molecule has 0 bridgehead atoms. The van der Waals surface area contributed by atoms with Crippen LogP contribution in [0.25, 0.3) is 0 Å². The Bertz CT molecular complexity index is 668. The van der Waals surface area contributed by atoms with Crippen molar-refractivity contribution in [2.45, 2.75) is 25.8 Å². The number of hydrogen-bond acceptors (Lipinski definition) is 4. The van der Waals surface area contributed by atoms with E-state index < -0.39 is 17.4 Å². The van der Waals surface area contributed by atoms with E-state index in [4.69, 9.17) is 16.3 Å². The first-order chi connectivity index (χ1) is 11.2. The highest BCUT2D eigenvalue weighted by Gasteiger charge is 2.44. The van der Waals surface area contributed by atoms with E-state index in [1.807, 2.05) is 0 Å². The Morgan fingerprint density at radius 2 is 2.04 bits per heavy atom. The van der Waals surface area contributed by atoms with Gasteiger partial charge in [-0.05, 0) is 18.2 Å². The van der Waals surface area contributed by atoms with Crippen LogP contribution in [-0.2, 0) is 14.3 Å². The lowest BCUT2D eigenvalue weighted by molar-refractivity contribution is -0.144. The fraction of sp³-hybridized carbons (Fsp3) is 0.438. The minimum absolute atomic E-state index is 0.0887. The molecule has 1 aliphatic heterocycles. The van der Waals surface area contributed by atoms with Gasteiger partial charge in [-0.15, -0.1) is 0 Å². The molecule has 7 nitrogen and oxygen atoms in total. The molecule has 1 heterocycles. The first kappa shape index (κ1) is 18.2. The van der Waals surface area contributed by atoms with Crippen molar-refractivity contribution < 1.29 is 24.2 Å². The second-order valence-corrected chi connectivity index (χ2v) is 6.39. The average Bonchev–Trinajstić information content (AvgIpc) is 2.98. The molecular formula is C16H19ClN2O5. The topological polar surface area (TPSA) is 105 Å². The summed E-state index contributed by atoms with van der Waals surface area (Å²) in [6, 6.07) is 4.47. The zero-order valence-electron chi connectivity index (χ0n) is 13.4. The van der Waals surface area contributed by atoms with Gasteiger partial charge in [0, 0.05) is 24.6 Å². The van der Waals surface area contributed by atoms with Crippen molar-refractivity contribution in [3.8, 4) is 0 Å². The van der Waals surface area contributed by atoms with E-state index in [1.165, 1.54) is 12.1 Å². The van der Waals surface area contributed by atoms with Gasteiger partial charge in [-0.2, -0.15) is 0 Å². The van der Waals surface area contributed by atoms with Crippen LogP contribution in [0.15, 0.2) is 18.2 Å². The fourth-order valence-electron chi connectivity index (χ4n) is 2.23. The summed E-state index contributed by atoms with van der Waals surface area (Å²) in [5.41, 5.74) is -0.960. The number of amides is 2. The van der Waals surface area contributed by atoms with Gasteiger partial charge in [-0.1, -0.05) is 25.4 Å². The lowest BCUT2D eigenvalue weighted by Crippen LogP contribution is -2.55. The van der Waals surface area contributed by atoms with E-state index in [1.54, 1.807) is 19.9 Å². The molecule has 130 valence electrons. The molecule has 1 fully saturated rings. The highest BCUT2D eigenvalue weighted by Crippen LogP contribution is 2.24. The van der Waals surface area contributed by atoms with Crippen molar-refractivity contribution in [2.24, 2.45) is 5.92 Å². The highest BCUT2D eigenvalue weighted by molar-refractivity contribution is 6.34. The Hall–Kier alpha value is -2.12. The number of anilines is 1. The monoisotopic (exact) mass is 354 g/mol. The number of ether oxygens (including phenoxy) is 1. The summed E-state index contributed by atoms with van der Waals surface area (Å²) in [5, 5.41) is 14.7. The van der Waals surface area contributed by atoms with Gasteiger partial charge in [0.1, 0.15) is 0 Å². The third kappa shape index (κ3) is 3.85. The summed E-state index contributed by atoms with van der Waals surface area (Å²) in [5.74, 6) is -2.21. The number of benzene rings is 1. The molecule has 1 aromatic rings. The molecule has 1 atom stereocenters. The maximum atomic E-state index is 12.5. The molecule has 24 heavy (non-hydrogen) atoms. The molecule has 1 unspecified atom stereocenters. The Kier molecular flexibility index (Phi) is 5.46. The quantitative estimate of drug-likeness (QED) is 0.749. The van der Waals surface area contributed by atoms with Crippen molar-refractivity contribution in [3.63, 3.8) is 0 Å². The predicted molar refractivity (Wildman–Crippen MR) is 88.2 cm³/mol. The van der Waals surface area contributed by atoms with Crippen molar-refractivity contribution in [1.82, 2.24) is 5.32 Å². The molecule has 0 aliphatic carbocycles. The zero-order chi connectivity index (χ0) is 17.9. The highest BCUT2D eigenvalue weighted by atomic mass is 35.5. The maximum Gasteiger partial charge on any atom is 0.331 e. The summed E-state index contributed by atoms with van der Waals surface area (Å²) in [7, 11) is 0. The molecule has 0 aromatic heterocycles. The molecule has 0 spiro atoms. The Balaban J connectivity index is 2.22. The number of rotatable bonds is 5. The molecule has 0 saturated carbocycles. The smallest absolute Gasteiger partial charge is 0.331 e. The first-order valence-corrected chi connectivity index (χ1v) is 7.87. The summed E-state index contributed by atoms with van der Waals surface area (Å²) in [6.45, 7) is 3.64. The van der Waals surface area contributed by atoms with Crippen molar-refractivity contribution in [2.75, 3.05) is 18.5 Å². The van der Waals surface area contributed by atoms with Gasteiger partial charge < -0.3 is 20.5 Å². The molecular weight excluding hydrogens is 336 g/mol. The predicted octanol–water partition coefficient (Wildman–Crippen LogP) is 1.91. The van der Waals surface area contributed by atoms with E-state index in [0.717, 1.165) is 0 Å². The van der Waals surface area contributed by atoms with Crippen molar-refractivity contribution in [1.29, 1.82) is 0 Å². The average molecular weight is 355 g/mol. The molecule has 8 heteroatoms. The van der Waals surface area contributed by atoms with E-state index in [0.29, 0.717) is 5.69 Å². The number of carbonyl (C=O) groups is 3. The van der Waals surface area contributed by atoms with Crippen LogP contribution in [0.1, 0.15) is 30.6 Å². The standard InChI is InChI=1S/C16H19ClN2O5/c1-9(2)13(20)18-10-3-4-12(17)11(7-10)14(21)19-16(15(22)23)5-6-24-8-16/h3-4,7,9H,5-6,8H2,1-2H3,(H,18,20)(H,19,21)(H,22,23). The number of hydrogen-bond donors (Lipinski definition) is 3. The van der Waals surface area contributed by atoms with Crippen LogP contribution >= 0.6 is 11.6 Å². The Labute approximate surface area is 144 Å². The molecule has 2 amide bonds. The van der Waals surface area contributed by atoms with Crippen molar-refractivity contribution in [3.05, 3.63) is 28.8 Å². The Morgan fingerprint density at radius 3 is 2.58 bits per heavy atom. The van der Waals surface area contributed by atoms with Crippen LogP contribution < -0.4 is 10.6 Å². The minimum Gasteiger partial charge on any atom is -0.479 e. The van der Waals surface area contributed by atoms with E-state index in [-0.39, 0.29) is 42.0 Å². The second kappa shape index (κ2) is 7.19. The number of aliphatic carboxylic acids is 1. The van der Waals surface area contributed by atoms with Crippen LogP contribution in [0.2, 0.25) is 5.02 Å². The summed E-state index contributed by atoms with van der Waals surface area (Å²) in [4.78, 5) is 35.7. The van der Waals surface area contributed by atoms with Crippen LogP contribution in [0.4, 0.5) is 5.69 Å². The van der Waals surface area contributed by atoms with Crippen LogP contribution in [0, 0.1) is 5.92 Å². The lowest BCUT2D eigenvalue weighted by Gasteiger charge is -2.24. The van der Waals surface area contributed by atoms with Gasteiger partial charge >= 0.3 is 5.97 Å². The van der Waals surface area contributed by atoms with Crippen LogP contribution in [-0.4, -0.2) is 41.6 Å². The number of carboxylic acids is 1. The third-order valence-corrected chi connectivity index (χ3v) is 4.12. The SMILES string of the molecule is CC(C)C(=O)Nc1ccc(Cl)c(C(=O)NC2(C(=O)O)CCOC2)c1. The number of carboxylic acid groups (broad SMARTS) is 1. The van der Waals surface area contributed by atoms with Crippen LogP contribution in [0.5, 0.6) is 0 Å². The molecule has 1 aliphatic rings. The Morgan fingerprint density at radius 1 is 1.33 bits per heavy atom. The third-order valence-electron chi connectivity index (χ3n) is 3.79. The lowest BCUT2D eigenvalue weighted by atomic mass is 9.98. The number of nitrogens with one attached hydrogen (secondary N) is 2. The summed E-state index contributed by atoms with van der Waals surface area (Å²) < 4.78 is 5.11. The number of carbonyl (C=O) groups excluding carboxylic acids is 2. The van der Waals surface area contributed by atoms with Gasteiger partial charge in [0.05, 0.1) is 17.2 Å². The summed E-state index contributed by atoms with van der Waals surface area (Å²) in [6.07, 6.45) is 0.176. The van der Waals surface area contributed by atoms with Gasteiger partial charge in [0.25, 0.3) is 5.91 Å². The van der Waals surface area contributed by atoms with Gasteiger partial charge in [-0.3, -0.25) is 9.59 Å². The molecule has 3 N–H and O–H groups in total. The minimum atomic E-state index is -1.46. The van der Waals surface area contributed by atoms with E-state index >= 15 is 0 Å². The number of halogens is 1. The summed E-state index contributed by atoms with van der Waals surface area (Å²) >= 11 is 6.05. The van der Waals surface area contributed by atoms with Gasteiger partial charge in [-0.25, -0.2) is 4.79 Å².